The second kappa shape index (κ2) is 9.10. The highest BCUT2D eigenvalue weighted by Gasteiger charge is 2.38. The Morgan fingerprint density at radius 1 is 1.06 bits per heavy atom. The number of carboxylic acid groups (broad SMARTS) is 1. The molecule has 0 spiro atoms. The van der Waals surface area contributed by atoms with E-state index in [-0.39, 0.29) is 23.4 Å². The number of carbonyl (C=O) groups is 3. The van der Waals surface area contributed by atoms with Crippen LogP contribution in [0.2, 0.25) is 0 Å². The van der Waals surface area contributed by atoms with E-state index < -0.39 is 17.8 Å². The first-order valence-electron chi connectivity index (χ1n) is 11.4. The van der Waals surface area contributed by atoms with Gasteiger partial charge in [-0.15, -0.1) is 0 Å². The van der Waals surface area contributed by atoms with Crippen molar-refractivity contribution in [1.29, 1.82) is 0 Å². The number of aldehydes is 1. The summed E-state index contributed by atoms with van der Waals surface area (Å²) < 4.78 is 0. The SMILES string of the molecule is NC1=CC2Nc3ccccc3C(=O)C2C=C1N(Cc1ccc(C(=O)O)cc1)C1C=CC=CC1C=O. The molecule has 4 N–H and O–H groups in total. The van der Waals surface area contributed by atoms with Crippen molar-refractivity contribution in [2.45, 2.75) is 18.6 Å². The van der Waals surface area contributed by atoms with Crippen molar-refractivity contribution >= 4 is 23.7 Å². The highest BCUT2D eigenvalue weighted by Crippen LogP contribution is 2.36. The van der Waals surface area contributed by atoms with Gasteiger partial charge in [0.2, 0.25) is 0 Å². The van der Waals surface area contributed by atoms with E-state index in [0.29, 0.717) is 23.5 Å². The highest BCUT2D eigenvalue weighted by molar-refractivity contribution is 6.06. The molecule has 3 aliphatic rings. The quantitative estimate of drug-likeness (QED) is 0.557. The largest absolute Gasteiger partial charge is 0.478 e. The van der Waals surface area contributed by atoms with Crippen LogP contribution in [0, 0.1) is 11.8 Å². The molecule has 0 aromatic heterocycles. The molecule has 35 heavy (non-hydrogen) atoms. The maximum Gasteiger partial charge on any atom is 0.335 e. The number of fused-ring (bicyclic) bond motifs is 2. The van der Waals surface area contributed by atoms with Crippen molar-refractivity contribution in [3.8, 4) is 0 Å². The fraction of sp³-hybridized carbons (Fsp3) is 0.179. The van der Waals surface area contributed by atoms with Crippen LogP contribution in [0.15, 0.2) is 96.4 Å². The monoisotopic (exact) mass is 467 g/mol. The highest BCUT2D eigenvalue weighted by atomic mass is 16.4. The van der Waals surface area contributed by atoms with Crippen molar-refractivity contribution < 1.29 is 19.5 Å². The van der Waals surface area contributed by atoms with Crippen LogP contribution in [0.3, 0.4) is 0 Å². The number of carbonyl (C=O) groups excluding carboxylic acids is 2. The topological polar surface area (TPSA) is 113 Å². The second-order valence-electron chi connectivity index (χ2n) is 8.88. The molecule has 0 amide bonds. The molecule has 2 aromatic carbocycles. The molecule has 0 bridgehead atoms. The molecule has 1 aliphatic heterocycles. The maximum absolute atomic E-state index is 13.4. The summed E-state index contributed by atoms with van der Waals surface area (Å²) in [6.45, 7) is 0.378. The van der Waals surface area contributed by atoms with Crippen molar-refractivity contribution in [3.05, 3.63) is 113 Å². The van der Waals surface area contributed by atoms with Crippen LogP contribution in [0.1, 0.15) is 26.3 Å². The molecular weight excluding hydrogens is 442 g/mol. The van der Waals surface area contributed by atoms with Crippen molar-refractivity contribution in [2.24, 2.45) is 17.6 Å². The average molecular weight is 468 g/mol. The Hall–Kier alpha value is -4.39. The Balaban J connectivity index is 1.54. The number of nitrogens with one attached hydrogen (secondary N) is 1. The zero-order chi connectivity index (χ0) is 24.5. The first-order chi connectivity index (χ1) is 17.0. The molecule has 2 aliphatic carbocycles. The summed E-state index contributed by atoms with van der Waals surface area (Å²) in [6.07, 6.45) is 12.2. The standard InChI is InChI=1S/C28H25N3O4/c29-22-14-24-21(27(33)20-6-2-3-7-23(20)30-24)13-26(22)31(25-8-4-1-5-19(25)16-32)15-17-9-11-18(12-10-17)28(34)35/h1-14,16,19,21,24-25,30H,15,29H2,(H,34,35). The second-order valence-corrected chi connectivity index (χ2v) is 8.88. The summed E-state index contributed by atoms with van der Waals surface area (Å²) in [4.78, 5) is 38.6. The van der Waals surface area contributed by atoms with Gasteiger partial charge in [-0.25, -0.2) is 4.79 Å². The van der Waals surface area contributed by atoms with Crippen LogP contribution in [-0.2, 0) is 11.3 Å². The van der Waals surface area contributed by atoms with E-state index in [1.165, 1.54) is 0 Å². The van der Waals surface area contributed by atoms with Gasteiger partial charge in [-0.2, -0.15) is 0 Å². The van der Waals surface area contributed by atoms with Crippen LogP contribution >= 0.6 is 0 Å². The number of hydrogen-bond acceptors (Lipinski definition) is 6. The van der Waals surface area contributed by atoms with E-state index in [1.54, 1.807) is 24.3 Å². The molecule has 7 nitrogen and oxygen atoms in total. The number of anilines is 1. The van der Waals surface area contributed by atoms with Crippen LogP contribution in [0.4, 0.5) is 5.69 Å². The predicted octanol–water partition coefficient (Wildman–Crippen LogP) is 3.53. The zero-order valence-corrected chi connectivity index (χ0v) is 18.9. The third-order valence-corrected chi connectivity index (χ3v) is 6.72. The number of carboxylic acids is 1. The third-order valence-electron chi connectivity index (χ3n) is 6.72. The van der Waals surface area contributed by atoms with E-state index in [1.807, 2.05) is 65.6 Å². The lowest BCUT2D eigenvalue weighted by Gasteiger charge is -2.41. The van der Waals surface area contributed by atoms with Gasteiger partial charge in [0.05, 0.1) is 40.9 Å². The Bertz CT molecular complexity index is 1310. The molecule has 0 saturated carbocycles. The fourth-order valence-electron chi connectivity index (χ4n) is 4.92. The molecule has 0 fully saturated rings. The summed E-state index contributed by atoms with van der Waals surface area (Å²) in [5, 5.41) is 12.6. The van der Waals surface area contributed by atoms with E-state index in [9.17, 15) is 19.5 Å². The maximum atomic E-state index is 13.4. The Kier molecular flexibility index (Phi) is 5.82. The Labute approximate surface area is 202 Å². The van der Waals surface area contributed by atoms with E-state index >= 15 is 0 Å². The number of para-hydroxylation sites is 1. The van der Waals surface area contributed by atoms with Crippen LogP contribution in [0.25, 0.3) is 0 Å². The number of ketones is 1. The van der Waals surface area contributed by atoms with Crippen molar-refractivity contribution in [2.75, 3.05) is 5.32 Å². The van der Waals surface area contributed by atoms with Crippen molar-refractivity contribution in [3.63, 3.8) is 0 Å². The number of rotatable bonds is 6. The normalized spacial score (nSPS) is 24.4. The number of allylic oxidation sites excluding steroid dienone is 2. The molecule has 2 aromatic rings. The van der Waals surface area contributed by atoms with Gasteiger partial charge in [-0.05, 0) is 42.0 Å². The van der Waals surface area contributed by atoms with Crippen LogP contribution in [0.5, 0.6) is 0 Å². The lowest BCUT2D eigenvalue weighted by atomic mass is 9.81. The average Bonchev–Trinajstić information content (AvgIpc) is 2.87. The molecule has 5 rings (SSSR count). The Morgan fingerprint density at radius 2 is 1.80 bits per heavy atom. The molecule has 176 valence electrons. The van der Waals surface area contributed by atoms with Crippen LogP contribution < -0.4 is 11.1 Å². The first-order valence-corrected chi connectivity index (χ1v) is 11.4. The number of nitrogens with zero attached hydrogens (tertiary/aromatic N) is 1. The summed E-state index contributed by atoms with van der Waals surface area (Å²) in [6, 6.07) is 13.5. The smallest absolute Gasteiger partial charge is 0.335 e. The van der Waals surface area contributed by atoms with Crippen molar-refractivity contribution in [1.82, 2.24) is 4.90 Å². The lowest BCUT2D eigenvalue weighted by molar-refractivity contribution is -0.111. The number of aromatic carboxylic acids is 1. The molecule has 0 saturated heterocycles. The molecule has 1 heterocycles. The summed E-state index contributed by atoms with van der Waals surface area (Å²) >= 11 is 0. The summed E-state index contributed by atoms with van der Waals surface area (Å²) in [7, 11) is 0. The van der Waals surface area contributed by atoms with Gasteiger partial charge in [0.25, 0.3) is 0 Å². The predicted molar refractivity (Wildman–Crippen MR) is 133 cm³/mol. The number of hydrogen-bond donors (Lipinski definition) is 3. The van der Waals surface area contributed by atoms with E-state index in [2.05, 4.69) is 5.32 Å². The van der Waals surface area contributed by atoms with E-state index in [4.69, 9.17) is 5.73 Å². The number of nitrogens with two attached hydrogens (primary N) is 1. The molecule has 7 heteroatoms. The minimum Gasteiger partial charge on any atom is -0.478 e. The Morgan fingerprint density at radius 3 is 2.54 bits per heavy atom. The fourth-order valence-corrected chi connectivity index (χ4v) is 4.92. The van der Waals surface area contributed by atoms with Gasteiger partial charge in [-0.1, -0.05) is 48.6 Å². The molecular formula is C28H25N3O4. The molecule has 4 atom stereocenters. The molecule has 0 radical (unpaired) electrons. The first kappa shape index (κ1) is 22.4. The lowest BCUT2D eigenvalue weighted by Crippen LogP contribution is -2.45. The minimum absolute atomic E-state index is 0.0161. The third kappa shape index (κ3) is 4.17. The summed E-state index contributed by atoms with van der Waals surface area (Å²) in [5.41, 5.74) is 10.2. The number of Topliss-reactive ketones (excluding diaryl/α,β-unsaturated/α-hetero) is 1. The van der Waals surface area contributed by atoms with Gasteiger partial charge in [0, 0.05) is 17.8 Å². The minimum atomic E-state index is -0.994. The zero-order valence-electron chi connectivity index (χ0n) is 18.9. The molecule has 4 unspecified atom stereocenters. The van der Waals surface area contributed by atoms with Gasteiger partial charge in [0.1, 0.15) is 6.29 Å². The van der Waals surface area contributed by atoms with Gasteiger partial charge in [-0.3, -0.25) is 4.79 Å². The summed E-state index contributed by atoms with van der Waals surface area (Å²) in [5.74, 6) is -1.82. The number of benzene rings is 2. The van der Waals surface area contributed by atoms with E-state index in [0.717, 1.165) is 17.5 Å². The van der Waals surface area contributed by atoms with Gasteiger partial charge in [0.15, 0.2) is 5.78 Å². The van der Waals surface area contributed by atoms with Gasteiger partial charge < -0.3 is 25.9 Å². The van der Waals surface area contributed by atoms with Crippen LogP contribution in [-0.4, -0.2) is 40.1 Å². The van der Waals surface area contributed by atoms with Gasteiger partial charge >= 0.3 is 5.97 Å².